The first-order chi connectivity index (χ1) is 10.6. The Morgan fingerprint density at radius 3 is 2.27 bits per heavy atom. The van der Waals surface area contributed by atoms with E-state index in [1.54, 1.807) is 19.1 Å². The van der Waals surface area contributed by atoms with Crippen molar-refractivity contribution in [3.05, 3.63) is 29.0 Å². The summed E-state index contributed by atoms with van der Waals surface area (Å²) in [5.74, 6) is 1.18. The second kappa shape index (κ2) is 9.63. The molecule has 0 aliphatic heterocycles. The van der Waals surface area contributed by atoms with Crippen molar-refractivity contribution in [2.45, 2.75) is 46.5 Å². The summed E-state index contributed by atoms with van der Waals surface area (Å²) in [7, 11) is -3.61. The molecule has 1 heterocycles. The van der Waals surface area contributed by atoms with E-state index in [1.165, 1.54) is 6.08 Å². The van der Waals surface area contributed by atoms with Crippen LogP contribution < -0.4 is 0 Å². The number of nitrogens with zero attached hydrogens (tertiary/aromatic N) is 1. The summed E-state index contributed by atoms with van der Waals surface area (Å²) in [6.07, 6.45) is 4.79. The molecule has 1 rings (SSSR count). The Morgan fingerprint density at radius 1 is 1.27 bits per heavy atom. The minimum absolute atomic E-state index is 0.0194. The van der Waals surface area contributed by atoms with Gasteiger partial charge in [-0.15, -0.1) is 0 Å². The van der Waals surface area contributed by atoms with Gasteiger partial charge < -0.3 is 13.5 Å². The fraction of sp³-hybridized carbons (Fsp3) is 0.562. The normalized spacial score (nSPS) is 12.4. The molecule has 0 spiro atoms. The third-order valence-electron chi connectivity index (χ3n) is 2.97. The fourth-order valence-corrected chi connectivity index (χ4v) is 3.17. The Bertz CT molecular complexity index is 557. The molecule has 0 aliphatic carbocycles. The first-order valence-electron chi connectivity index (χ1n) is 7.63. The lowest BCUT2D eigenvalue weighted by molar-refractivity contribution is 0.206. The third-order valence-corrected chi connectivity index (χ3v) is 4.83. The standard InChI is InChI=1S/C16H24NO4P/c1-4-6-10-19-22(18,20-11-7-5-2)16(13-17)12-15-9-8-14(3)21-15/h8-9,12H,4-7,10-11H2,1-3H3/b16-12-. The van der Waals surface area contributed by atoms with Crippen LogP contribution in [0.4, 0.5) is 0 Å². The summed E-state index contributed by atoms with van der Waals surface area (Å²) in [5.41, 5.74) is 0. The summed E-state index contributed by atoms with van der Waals surface area (Å²) in [5, 5.41) is 9.33. The smallest absolute Gasteiger partial charge is 0.371 e. The maximum Gasteiger partial charge on any atom is 0.371 e. The van der Waals surface area contributed by atoms with Crippen LogP contribution in [0, 0.1) is 18.3 Å². The zero-order valence-electron chi connectivity index (χ0n) is 13.5. The second-order valence-electron chi connectivity index (χ2n) is 4.96. The van der Waals surface area contributed by atoms with Crippen LogP contribution in [-0.2, 0) is 13.6 Å². The molecule has 0 saturated carbocycles. The van der Waals surface area contributed by atoms with E-state index in [9.17, 15) is 9.83 Å². The molecule has 0 aromatic carbocycles. The van der Waals surface area contributed by atoms with Crippen LogP contribution in [0.2, 0.25) is 0 Å². The van der Waals surface area contributed by atoms with E-state index < -0.39 is 7.60 Å². The van der Waals surface area contributed by atoms with Crippen molar-refractivity contribution < 1.29 is 18.0 Å². The molecule has 0 amide bonds. The zero-order chi connectivity index (χ0) is 16.4. The van der Waals surface area contributed by atoms with Crippen molar-refractivity contribution in [1.29, 1.82) is 5.26 Å². The van der Waals surface area contributed by atoms with Crippen molar-refractivity contribution in [3.8, 4) is 6.07 Å². The van der Waals surface area contributed by atoms with Gasteiger partial charge in [-0.2, -0.15) is 5.26 Å². The van der Waals surface area contributed by atoms with Crippen LogP contribution in [-0.4, -0.2) is 13.2 Å². The monoisotopic (exact) mass is 325 g/mol. The summed E-state index contributed by atoms with van der Waals surface area (Å²) in [6.45, 7) is 6.43. The zero-order valence-corrected chi connectivity index (χ0v) is 14.4. The average molecular weight is 325 g/mol. The molecular formula is C16H24NO4P. The van der Waals surface area contributed by atoms with E-state index >= 15 is 0 Å². The molecule has 0 fully saturated rings. The van der Waals surface area contributed by atoms with E-state index in [0.717, 1.165) is 31.4 Å². The van der Waals surface area contributed by atoms with Gasteiger partial charge >= 0.3 is 7.60 Å². The molecule has 0 N–H and O–H groups in total. The summed E-state index contributed by atoms with van der Waals surface area (Å²) in [4.78, 5) is 0. The average Bonchev–Trinajstić information content (AvgIpc) is 2.90. The predicted molar refractivity (Wildman–Crippen MR) is 86.4 cm³/mol. The van der Waals surface area contributed by atoms with Gasteiger partial charge in [0.15, 0.2) is 0 Å². The summed E-state index contributed by atoms with van der Waals surface area (Å²) in [6, 6.07) is 5.44. The topological polar surface area (TPSA) is 72.5 Å². The SMILES string of the molecule is CCCCOP(=O)(OCCCC)/C(C#N)=C\c1ccc(C)o1. The molecule has 5 nitrogen and oxygen atoms in total. The van der Waals surface area contributed by atoms with Gasteiger partial charge in [-0.25, -0.2) is 0 Å². The maximum atomic E-state index is 12.9. The largest absolute Gasteiger partial charge is 0.462 e. The molecule has 1 aromatic rings. The van der Waals surface area contributed by atoms with E-state index in [2.05, 4.69) is 0 Å². The van der Waals surface area contributed by atoms with Gasteiger partial charge in [-0.3, -0.25) is 4.57 Å². The molecule has 0 radical (unpaired) electrons. The summed E-state index contributed by atoms with van der Waals surface area (Å²) < 4.78 is 29.2. The van der Waals surface area contributed by atoms with Gasteiger partial charge in [0.25, 0.3) is 0 Å². The predicted octanol–water partition coefficient (Wildman–Crippen LogP) is 5.28. The lowest BCUT2D eigenvalue weighted by Crippen LogP contribution is -2.01. The van der Waals surface area contributed by atoms with Crippen molar-refractivity contribution in [2.75, 3.05) is 13.2 Å². The highest BCUT2D eigenvalue weighted by Gasteiger charge is 2.31. The Labute approximate surface area is 132 Å². The molecular weight excluding hydrogens is 301 g/mol. The minimum Gasteiger partial charge on any atom is -0.462 e. The van der Waals surface area contributed by atoms with E-state index in [1.807, 2.05) is 19.9 Å². The Kier molecular flexibility index (Phi) is 8.19. The molecule has 0 bridgehead atoms. The molecule has 0 aliphatic rings. The van der Waals surface area contributed by atoms with Crippen LogP contribution in [0.15, 0.2) is 21.9 Å². The molecule has 122 valence electrons. The molecule has 0 unspecified atom stereocenters. The van der Waals surface area contributed by atoms with Gasteiger partial charge in [0.2, 0.25) is 0 Å². The number of aryl methyl sites for hydroxylation is 1. The van der Waals surface area contributed by atoms with Crippen LogP contribution in [0.25, 0.3) is 6.08 Å². The highest BCUT2D eigenvalue weighted by atomic mass is 31.2. The molecule has 1 aromatic heterocycles. The van der Waals surface area contributed by atoms with Gasteiger partial charge in [-0.05, 0) is 31.9 Å². The fourth-order valence-electron chi connectivity index (χ4n) is 1.67. The number of allylic oxidation sites excluding steroid dienone is 1. The number of hydrogen-bond donors (Lipinski definition) is 0. The van der Waals surface area contributed by atoms with Crippen LogP contribution >= 0.6 is 7.60 Å². The summed E-state index contributed by atoms with van der Waals surface area (Å²) >= 11 is 0. The number of unbranched alkanes of at least 4 members (excludes halogenated alkanes) is 2. The first kappa shape index (κ1) is 18.7. The number of hydrogen-bond acceptors (Lipinski definition) is 5. The van der Waals surface area contributed by atoms with E-state index in [4.69, 9.17) is 13.5 Å². The van der Waals surface area contributed by atoms with Gasteiger partial charge in [0.05, 0.1) is 13.2 Å². The Morgan fingerprint density at radius 2 is 1.86 bits per heavy atom. The highest BCUT2D eigenvalue weighted by Crippen LogP contribution is 2.56. The highest BCUT2D eigenvalue weighted by molar-refractivity contribution is 7.59. The number of rotatable bonds is 10. The molecule has 0 atom stereocenters. The quantitative estimate of drug-likeness (QED) is 0.332. The molecule has 6 heteroatoms. The van der Waals surface area contributed by atoms with Gasteiger partial charge in [0.1, 0.15) is 22.9 Å². The lowest BCUT2D eigenvalue weighted by atomic mass is 10.4. The van der Waals surface area contributed by atoms with Crippen LogP contribution in [0.3, 0.4) is 0 Å². The third kappa shape index (κ3) is 5.81. The Balaban J connectivity index is 2.96. The Hall–Kier alpha value is -1.34. The first-order valence-corrected chi connectivity index (χ1v) is 9.18. The van der Waals surface area contributed by atoms with Gasteiger partial charge in [-0.1, -0.05) is 26.7 Å². The molecule has 0 saturated heterocycles. The van der Waals surface area contributed by atoms with Crippen molar-refractivity contribution >= 4 is 13.7 Å². The van der Waals surface area contributed by atoms with Crippen LogP contribution in [0.5, 0.6) is 0 Å². The van der Waals surface area contributed by atoms with Crippen LogP contribution in [0.1, 0.15) is 51.1 Å². The minimum atomic E-state index is -3.61. The number of nitriles is 1. The van der Waals surface area contributed by atoms with E-state index in [-0.39, 0.29) is 5.31 Å². The maximum absolute atomic E-state index is 12.9. The lowest BCUT2D eigenvalue weighted by Gasteiger charge is -2.17. The molecule has 22 heavy (non-hydrogen) atoms. The van der Waals surface area contributed by atoms with Crippen molar-refractivity contribution in [2.24, 2.45) is 0 Å². The second-order valence-corrected chi connectivity index (χ2v) is 6.95. The van der Waals surface area contributed by atoms with Crippen molar-refractivity contribution in [1.82, 2.24) is 0 Å². The van der Waals surface area contributed by atoms with E-state index in [0.29, 0.717) is 19.0 Å². The van der Waals surface area contributed by atoms with Gasteiger partial charge in [0, 0.05) is 6.08 Å². The number of furan rings is 1. The van der Waals surface area contributed by atoms with Crippen molar-refractivity contribution in [3.63, 3.8) is 0 Å².